The molecule has 1 aromatic rings. The number of alkyl halides is 2. The summed E-state index contributed by atoms with van der Waals surface area (Å²) in [4.78, 5) is 0. The second kappa shape index (κ2) is 4.01. The van der Waals surface area contributed by atoms with E-state index in [1.807, 2.05) is 0 Å². The van der Waals surface area contributed by atoms with Crippen molar-refractivity contribution >= 4 is 5.70 Å². The largest absolute Gasteiger partial charge is 0.309 e. The van der Waals surface area contributed by atoms with Crippen LogP contribution in [0.15, 0.2) is 36.2 Å². The van der Waals surface area contributed by atoms with Crippen molar-refractivity contribution in [1.82, 2.24) is 9.78 Å². The van der Waals surface area contributed by atoms with Crippen LogP contribution in [0.3, 0.4) is 0 Å². The van der Waals surface area contributed by atoms with Crippen LogP contribution in [0.2, 0.25) is 0 Å². The molecule has 6 heteroatoms. The molecule has 1 heterocycles. The third-order valence-electron chi connectivity index (χ3n) is 2.72. The Hall–Kier alpha value is -1.59. The molecule has 92 valence electrons. The highest BCUT2D eigenvalue weighted by Gasteiger charge is 2.50. The first kappa shape index (κ1) is 11.9. The topological polar surface area (TPSA) is 17.8 Å². The van der Waals surface area contributed by atoms with Crippen LogP contribution in [0.5, 0.6) is 0 Å². The van der Waals surface area contributed by atoms with E-state index in [4.69, 9.17) is 0 Å². The highest BCUT2D eigenvalue weighted by atomic mass is 19.3. The lowest BCUT2D eigenvalue weighted by Gasteiger charge is -2.28. The van der Waals surface area contributed by atoms with Crippen molar-refractivity contribution in [3.05, 3.63) is 36.2 Å². The van der Waals surface area contributed by atoms with Crippen LogP contribution in [-0.4, -0.2) is 15.7 Å². The van der Waals surface area contributed by atoms with Crippen molar-refractivity contribution in [2.24, 2.45) is 5.92 Å². The molecule has 2 nitrogen and oxygen atoms in total. The van der Waals surface area contributed by atoms with Gasteiger partial charge < -0.3 is 0 Å². The normalized spacial score (nSPS) is 23.8. The molecule has 0 aromatic carbocycles. The predicted molar refractivity (Wildman–Crippen MR) is 54.5 cm³/mol. The smallest absolute Gasteiger partial charge is 0.238 e. The average molecular weight is 246 g/mol. The highest BCUT2D eigenvalue weighted by Crippen LogP contribution is 2.46. The average Bonchev–Trinajstić information content (AvgIpc) is 2.77. The number of nitrogens with zero attached hydrogens (tertiary/aromatic N) is 2. The van der Waals surface area contributed by atoms with Crippen molar-refractivity contribution in [1.29, 1.82) is 0 Å². The summed E-state index contributed by atoms with van der Waals surface area (Å²) in [6.07, 6.45) is 3.18. The molecule has 0 spiro atoms. The van der Waals surface area contributed by atoms with Gasteiger partial charge in [-0.1, -0.05) is 6.92 Å². The predicted octanol–water partition coefficient (Wildman–Crippen LogP) is 3.55. The first-order chi connectivity index (χ1) is 7.98. The van der Waals surface area contributed by atoms with Gasteiger partial charge in [-0.3, -0.25) is 0 Å². The number of allylic oxidation sites excluding steroid dienone is 4. The molecule has 1 aliphatic rings. The van der Waals surface area contributed by atoms with E-state index in [2.05, 4.69) is 5.10 Å². The number of hydrogen-bond donors (Lipinski definition) is 0. The molecule has 0 saturated heterocycles. The van der Waals surface area contributed by atoms with Gasteiger partial charge in [-0.15, -0.1) is 0 Å². The molecule has 1 aliphatic carbocycles. The first-order valence-electron chi connectivity index (χ1n) is 5.13. The molecule has 0 bridgehead atoms. The number of rotatable bonds is 2. The molecule has 17 heavy (non-hydrogen) atoms. The number of hydrogen-bond acceptors (Lipinski definition) is 1. The summed E-state index contributed by atoms with van der Waals surface area (Å²) in [5.41, 5.74) is -0.554. The van der Waals surface area contributed by atoms with Crippen molar-refractivity contribution in [2.45, 2.75) is 19.3 Å². The molecule has 0 amide bonds. The minimum absolute atomic E-state index is 0.171. The molecule has 0 radical (unpaired) electrons. The van der Waals surface area contributed by atoms with Crippen LogP contribution in [0, 0.1) is 5.92 Å². The van der Waals surface area contributed by atoms with E-state index in [1.54, 1.807) is 0 Å². The van der Waals surface area contributed by atoms with Gasteiger partial charge >= 0.3 is 5.92 Å². The van der Waals surface area contributed by atoms with Gasteiger partial charge in [0.1, 0.15) is 11.5 Å². The van der Waals surface area contributed by atoms with Gasteiger partial charge in [-0.25, -0.2) is 13.5 Å². The lowest BCUT2D eigenvalue weighted by molar-refractivity contribution is -0.0366. The van der Waals surface area contributed by atoms with Gasteiger partial charge in [-0.05, 0) is 18.6 Å². The second-order valence-corrected chi connectivity index (χ2v) is 3.76. The van der Waals surface area contributed by atoms with Crippen LogP contribution in [0.25, 0.3) is 5.70 Å². The Kier molecular flexibility index (Phi) is 2.81. The monoisotopic (exact) mass is 246 g/mol. The fourth-order valence-corrected chi connectivity index (χ4v) is 1.82. The maximum absolute atomic E-state index is 13.7. The van der Waals surface area contributed by atoms with Gasteiger partial charge in [0.2, 0.25) is 0 Å². The van der Waals surface area contributed by atoms with Crippen LogP contribution in [-0.2, 0) is 0 Å². The third kappa shape index (κ3) is 1.77. The fraction of sp³-hybridized carbons (Fsp3) is 0.364. The molecule has 0 aliphatic heterocycles. The summed E-state index contributed by atoms with van der Waals surface area (Å²) in [7, 11) is 0. The van der Waals surface area contributed by atoms with E-state index in [9.17, 15) is 17.6 Å². The Morgan fingerprint density at radius 3 is 2.65 bits per heavy atom. The van der Waals surface area contributed by atoms with Gasteiger partial charge in [0.25, 0.3) is 0 Å². The zero-order valence-electron chi connectivity index (χ0n) is 9.00. The summed E-state index contributed by atoms with van der Waals surface area (Å²) in [5, 5.41) is 3.62. The molecule has 1 unspecified atom stereocenters. The molecular weight excluding hydrogens is 236 g/mol. The maximum atomic E-state index is 13.7. The minimum Gasteiger partial charge on any atom is -0.238 e. The summed E-state index contributed by atoms with van der Waals surface area (Å²) in [5.74, 6) is -8.23. The van der Waals surface area contributed by atoms with Crippen LogP contribution >= 0.6 is 0 Å². The van der Waals surface area contributed by atoms with Crippen molar-refractivity contribution in [3.63, 3.8) is 0 Å². The van der Waals surface area contributed by atoms with Gasteiger partial charge in [-0.2, -0.15) is 13.9 Å². The molecule has 0 N–H and O–H groups in total. The van der Waals surface area contributed by atoms with Gasteiger partial charge in [0.15, 0.2) is 5.83 Å². The van der Waals surface area contributed by atoms with E-state index in [0.29, 0.717) is 0 Å². The van der Waals surface area contributed by atoms with Crippen molar-refractivity contribution < 1.29 is 17.6 Å². The Bertz CT molecular complexity index is 474. The lowest BCUT2D eigenvalue weighted by atomic mass is 9.90. The van der Waals surface area contributed by atoms with Gasteiger partial charge in [0.05, 0.1) is 5.92 Å². The fourth-order valence-electron chi connectivity index (χ4n) is 1.82. The van der Waals surface area contributed by atoms with Crippen LogP contribution < -0.4 is 0 Å². The maximum Gasteiger partial charge on any atom is 0.309 e. The third-order valence-corrected chi connectivity index (χ3v) is 2.72. The van der Waals surface area contributed by atoms with Crippen molar-refractivity contribution in [3.8, 4) is 0 Å². The Labute approximate surface area is 95.2 Å². The van der Waals surface area contributed by atoms with E-state index >= 15 is 0 Å². The highest BCUT2D eigenvalue weighted by molar-refractivity contribution is 5.63. The molecule has 1 atom stereocenters. The summed E-state index contributed by atoms with van der Waals surface area (Å²) >= 11 is 0. The van der Waals surface area contributed by atoms with Crippen LogP contribution in [0.4, 0.5) is 17.6 Å². The van der Waals surface area contributed by atoms with E-state index in [1.165, 1.54) is 25.4 Å². The van der Waals surface area contributed by atoms with Gasteiger partial charge in [0, 0.05) is 12.4 Å². The quantitative estimate of drug-likeness (QED) is 0.730. The molecule has 1 aromatic heterocycles. The lowest BCUT2D eigenvalue weighted by Crippen LogP contribution is -2.33. The van der Waals surface area contributed by atoms with E-state index < -0.39 is 29.2 Å². The summed E-state index contributed by atoms with van der Waals surface area (Å²) in [6.45, 7) is 1.39. The zero-order valence-corrected chi connectivity index (χ0v) is 9.00. The Balaban J connectivity index is 2.54. The van der Waals surface area contributed by atoms with Crippen LogP contribution in [0.1, 0.15) is 13.3 Å². The zero-order chi connectivity index (χ0) is 12.6. The Morgan fingerprint density at radius 2 is 2.12 bits per heavy atom. The summed E-state index contributed by atoms with van der Waals surface area (Å²) < 4.78 is 55.2. The second-order valence-electron chi connectivity index (χ2n) is 3.76. The van der Waals surface area contributed by atoms with Crippen molar-refractivity contribution in [2.75, 3.05) is 0 Å². The van der Waals surface area contributed by atoms with E-state index in [-0.39, 0.29) is 6.42 Å². The Morgan fingerprint density at radius 1 is 1.41 bits per heavy atom. The van der Waals surface area contributed by atoms with E-state index in [0.717, 1.165) is 10.8 Å². The molecule has 0 fully saturated rings. The molecule has 0 saturated carbocycles. The molecule has 2 rings (SSSR count). The minimum atomic E-state index is -3.82. The first-order valence-corrected chi connectivity index (χ1v) is 5.13. The number of halogens is 4. The SMILES string of the molecule is CCC1C(F)=CC(n2cccn2)=C(F)C1(F)F. The summed E-state index contributed by atoms with van der Waals surface area (Å²) in [6, 6.07) is 1.44. The molecular formula is C11H10F4N2. The standard InChI is InChI=1S/C11H10F4N2/c1-2-7-8(12)6-9(10(13)11(7,14)15)17-5-3-4-16-17/h3-7H,2H2,1H3. The number of aromatic nitrogens is 2.